The SMILES string of the molecule is CS(=O)(=O)Nc1ccccc1NC(=O)Cc1coc2cc3c(cc12)CCC3. The minimum Gasteiger partial charge on any atom is -0.464 e. The van der Waals surface area contributed by atoms with Gasteiger partial charge in [-0.25, -0.2) is 8.42 Å². The first-order valence-corrected chi connectivity index (χ1v) is 10.7. The third kappa shape index (κ3) is 3.83. The van der Waals surface area contributed by atoms with Gasteiger partial charge >= 0.3 is 0 Å². The van der Waals surface area contributed by atoms with Gasteiger partial charge in [-0.05, 0) is 54.7 Å². The highest BCUT2D eigenvalue weighted by atomic mass is 32.2. The summed E-state index contributed by atoms with van der Waals surface area (Å²) in [5.41, 5.74) is 5.04. The van der Waals surface area contributed by atoms with Crippen molar-refractivity contribution in [1.29, 1.82) is 0 Å². The number of carbonyl (C=O) groups is 1. The van der Waals surface area contributed by atoms with E-state index in [1.54, 1.807) is 30.5 Å². The molecule has 4 rings (SSSR count). The Morgan fingerprint density at radius 3 is 2.56 bits per heavy atom. The van der Waals surface area contributed by atoms with Gasteiger partial charge in [0.05, 0.1) is 30.3 Å². The molecule has 3 aromatic rings. The average Bonchev–Trinajstić information content (AvgIpc) is 3.20. The molecule has 1 amide bonds. The summed E-state index contributed by atoms with van der Waals surface area (Å²) in [4.78, 5) is 12.5. The Hall–Kier alpha value is -2.80. The molecule has 6 nitrogen and oxygen atoms in total. The van der Waals surface area contributed by atoms with E-state index in [0.29, 0.717) is 11.4 Å². The zero-order chi connectivity index (χ0) is 19.0. The second-order valence-electron chi connectivity index (χ2n) is 6.88. The van der Waals surface area contributed by atoms with Crippen molar-refractivity contribution in [3.05, 3.63) is 59.4 Å². The number of sulfonamides is 1. The molecule has 27 heavy (non-hydrogen) atoms. The molecule has 0 aliphatic heterocycles. The first-order valence-electron chi connectivity index (χ1n) is 8.77. The van der Waals surface area contributed by atoms with E-state index in [2.05, 4.69) is 22.2 Å². The number of carbonyl (C=O) groups excluding carboxylic acids is 1. The highest BCUT2D eigenvalue weighted by Crippen LogP contribution is 2.31. The summed E-state index contributed by atoms with van der Waals surface area (Å²) in [6.45, 7) is 0. The van der Waals surface area contributed by atoms with Crippen LogP contribution in [0.4, 0.5) is 11.4 Å². The Balaban J connectivity index is 1.55. The van der Waals surface area contributed by atoms with E-state index < -0.39 is 10.0 Å². The van der Waals surface area contributed by atoms with Crippen LogP contribution in [0, 0.1) is 0 Å². The molecule has 1 aromatic heterocycles. The maximum absolute atomic E-state index is 12.5. The van der Waals surface area contributed by atoms with Crippen LogP contribution in [0.25, 0.3) is 11.0 Å². The smallest absolute Gasteiger partial charge is 0.229 e. The standard InChI is InChI=1S/C20H20N2O4S/c1-27(24,25)22-18-8-3-2-7-17(18)21-20(23)11-15-12-26-19-10-14-6-4-5-13(14)9-16(15)19/h2-3,7-10,12,22H,4-6,11H2,1H3,(H,21,23). The van der Waals surface area contributed by atoms with Gasteiger partial charge in [0.15, 0.2) is 0 Å². The first kappa shape index (κ1) is 17.6. The van der Waals surface area contributed by atoms with E-state index >= 15 is 0 Å². The molecule has 0 atom stereocenters. The minimum absolute atomic E-state index is 0.152. The number of anilines is 2. The van der Waals surface area contributed by atoms with Crippen molar-refractivity contribution in [3.8, 4) is 0 Å². The summed E-state index contributed by atoms with van der Waals surface area (Å²) in [5, 5.41) is 3.75. The number of hydrogen-bond acceptors (Lipinski definition) is 4. The predicted molar refractivity (Wildman–Crippen MR) is 105 cm³/mol. The van der Waals surface area contributed by atoms with Gasteiger partial charge < -0.3 is 9.73 Å². The van der Waals surface area contributed by atoms with Crippen LogP contribution < -0.4 is 10.0 Å². The summed E-state index contributed by atoms with van der Waals surface area (Å²) in [7, 11) is -3.44. The van der Waals surface area contributed by atoms with E-state index in [1.165, 1.54) is 11.1 Å². The van der Waals surface area contributed by atoms with Crippen LogP contribution in [0.3, 0.4) is 0 Å². The summed E-state index contributed by atoms with van der Waals surface area (Å²) < 4.78 is 31.1. The molecule has 0 saturated heterocycles. The van der Waals surface area contributed by atoms with Crippen molar-refractivity contribution in [2.45, 2.75) is 25.7 Å². The largest absolute Gasteiger partial charge is 0.464 e. The normalized spacial score (nSPS) is 13.5. The molecule has 1 heterocycles. The van der Waals surface area contributed by atoms with Crippen molar-refractivity contribution in [2.75, 3.05) is 16.3 Å². The van der Waals surface area contributed by atoms with Gasteiger partial charge in [0.1, 0.15) is 5.58 Å². The van der Waals surface area contributed by atoms with Crippen LogP contribution in [0.1, 0.15) is 23.1 Å². The number of amides is 1. The van der Waals surface area contributed by atoms with E-state index in [0.717, 1.165) is 42.1 Å². The molecular formula is C20H20N2O4S. The van der Waals surface area contributed by atoms with E-state index in [9.17, 15) is 13.2 Å². The van der Waals surface area contributed by atoms with Crippen LogP contribution in [0.2, 0.25) is 0 Å². The zero-order valence-electron chi connectivity index (χ0n) is 14.9. The predicted octanol–water partition coefficient (Wildman–Crippen LogP) is 3.47. The highest BCUT2D eigenvalue weighted by molar-refractivity contribution is 7.92. The lowest BCUT2D eigenvalue weighted by Crippen LogP contribution is -2.17. The van der Waals surface area contributed by atoms with Crippen molar-refractivity contribution in [2.24, 2.45) is 0 Å². The van der Waals surface area contributed by atoms with Crippen LogP contribution in [-0.2, 0) is 34.1 Å². The molecule has 0 fully saturated rings. The monoisotopic (exact) mass is 384 g/mol. The number of aryl methyl sites for hydroxylation is 2. The molecule has 2 aromatic carbocycles. The quantitative estimate of drug-likeness (QED) is 0.705. The van der Waals surface area contributed by atoms with Crippen LogP contribution >= 0.6 is 0 Å². The van der Waals surface area contributed by atoms with Crippen molar-refractivity contribution in [3.63, 3.8) is 0 Å². The minimum atomic E-state index is -3.44. The van der Waals surface area contributed by atoms with Gasteiger partial charge in [-0.3, -0.25) is 9.52 Å². The molecule has 1 aliphatic carbocycles. The fourth-order valence-electron chi connectivity index (χ4n) is 3.53. The summed E-state index contributed by atoms with van der Waals surface area (Å²) in [6.07, 6.45) is 6.14. The molecular weight excluding hydrogens is 364 g/mol. The fourth-order valence-corrected chi connectivity index (χ4v) is 4.11. The number of furan rings is 1. The summed E-state index contributed by atoms with van der Waals surface area (Å²) in [5.74, 6) is -0.235. The van der Waals surface area contributed by atoms with Crippen molar-refractivity contribution < 1.29 is 17.6 Å². The maximum atomic E-state index is 12.5. The number of nitrogens with one attached hydrogen (secondary N) is 2. The second kappa shape index (κ2) is 6.74. The average molecular weight is 384 g/mol. The third-order valence-corrected chi connectivity index (χ3v) is 5.31. The lowest BCUT2D eigenvalue weighted by Gasteiger charge is -2.11. The van der Waals surface area contributed by atoms with E-state index in [1.807, 2.05) is 0 Å². The van der Waals surface area contributed by atoms with Crippen LogP contribution in [-0.4, -0.2) is 20.6 Å². The van der Waals surface area contributed by atoms with Gasteiger partial charge in [-0.15, -0.1) is 0 Å². The topological polar surface area (TPSA) is 88.4 Å². The van der Waals surface area contributed by atoms with Gasteiger partial charge in [0, 0.05) is 10.9 Å². The Morgan fingerprint density at radius 1 is 1.11 bits per heavy atom. The summed E-state index contributed by atoms with van der Waals surface area (Å²) in [6, 6.07) is 10.9. The lowest BCUT2D eigenvalue weighted by molar-refractivity contribution is -0.115. The van der Waals surface area contributed by atoms with Gasteiger partial charge in [-0.1, -0.05) is 12.1 Å². The number of fused-ring (bicyclic) bond motifs is 2. The number of hydrogen-bond donors (Lipinski definition) is 2. The lowest BCUT2D eigenvalue weighted by atomic mass is 10.0. The zero-order valence-corrected chi connectivity index (χ0v) is 15.7. The number of rotatable bonds is 5. The molecule has 0 bridgehead atoms. The highest BCUT2D eigenvalue weighted by Gasteiger charge is 2.17. The second-order valence-corrected chi connectivity index (χ2v) is 8.62. The Labute approximate surface area is 157 Å². The molecule has 0 radical (unpaired) electrons. The maximum Gasteiger partial charge on any atom is 0.229 e. The van der Waals surface area contributed by atoms with E-state index in [4.69, 9.17) is 4.42 Å². The van der Waals surface area contributed by atoms with Gasteiger partial charge in [0.2, 0.25) is 15.9 Å². The molecule has 140 valence electrons. The number of benzene rings is 2. The molecule has 0 saturated carbocycles. The molecule has 7 heteroatoms. The van der Waals surface area contributed by atoms with Crippen molar-refractivity contribution >= 4 is 38.3 Å². The molecule has 2 N–H and O–H groups in total. The third-order valence-electron chi connectivity index (χ3n) is 4.72. The summed E-state index contributed by atoms with van der Waals surface area (Å²) >= 11 is 0. The number of para-hydroxylation sites is 2. The Bertz CT molecular complexity index is 1130. The van der Waals surface area contributed by atoms with Gasteiger partial charge in [0.25, 0.3) is 0 Å². The van der Waals surface area contributed by atoms with E-state index in [-0.39, 0.29) is 12.3 Å². The molecule has 1 aliphatic rings. The molecule has 0 unspecified atom stereocenters. The Morgan fingerprint density at radius 2 is 1.81 bits per heavy atom. The Kier molecular flexibility index (Phi) is 4.39. The van der Waals surface area contributed by atoms with Gasteiger partial charge in [-0.2, -0.15) is 0 Å². The first-order chi connectivity index (χ1) is 12.9. The molecule has 0 spiro atoms. The fraction of sp³-hybridized carbons (Fsp3) is 0.250. The van der Waals surface area contributed by atoms with Crippen molar-refractivity contribution in [1.82, 2.24) is 0 Å². The van der Waals surface area contributed by atoms with Crippen LogP contribution in [0.5, 0.6) is 0 Å². The van der Waals surface area contributed by atoms with Crippen LogP contribution in [0.15, 0.2) is 47.1 Å².